The zero-order chi connectivity index (χ0) is 14.1. The van der Waals surface area contributed by atoms with E-state index in [1.807, 2.05) is 35.4 Å². The van der Waals surface area contributed by atoms with Crippen molar-refractivity contribution in [3.63, 3.8) is 0 Å². The Hall–Kier alpha value is -1.81. The maximum Gasteiger partial charge on any atom is 0.256 e. The lowest BCUT2D eigenvalue weighted by molar-refractivity contribution is 0.0731. The summed E-state index contributed by atoms with van der Waals surface area (Å²) in [5.41, 5.74) is 9.43. The second-order valence-electron chi connectivity index (χ2n) is 5.39. The van der Waals surface area contributed by atoms with Gasteiger partial charge in [-0.05, 0) is 54.3 Å². The largest absolute Gasteiger partial charge is 0.398 e. The van der Waals surface area contributed by atoms with E-state index in [4.69, 9.17) is 5.73 Å². The van der Waals surface area contributed by atoms with E-state index in [1.165, 1.54) is 5.56 Å². The standard InChI is InChI=1S/C16H18N2OS/c1-11-2-5-15(17)14(8-11)16(19)18(13-3-4-13)9-12-6-7-20-10-12/h2,5-8,10,13H,3-4,9,17H2,1H3. The number of benzene rings is 1. The van der Waals surface area contributed by atoms with Crippen LogP contribution in [0.1, 0.15) is 34.3 Å². The van der Waals surface area contributed by atoms with Crippen molar-refractivity contribution in [3.8, 4) is 0 Å². The molecule has 1 heterocycles. The van der Waals surface area contributed by atoms with Gasteiger partial charge < -0.3 is 10.6 Å². The summed E-state index contributed by atoms with van der Waals surface area (Å²) >= 11 is 1.66. The van der Waals surface area contributed by atoms with Gasteiger partial charge in [0.25, 0.3) is 5.91 Å². The molecule has 1 aromatic heterocycles. The number of thiophene rings is 1. The molecule has 2 N–H and O–H groups in total. The first-order valence-corrected chi connectivity index (χ1v) is 7.77. The van der Waals surface area contributed by atoms with Crippen molar-refractivity contribution in [1.29, 1.82) is 0 Å². The molecule has 1 aliphatic rings. The third-order valence-corrected chi connectivity index (χ3v) is 4.35. The Morgan fingerprint density at radius 1 is 1.40 bits per heavy atom. The molecule has 4 heteroatoms. The predicted molar refractivity (Wildman–Crippen MR) is 82.8 cm³/mol. The normalized spacial score (nSPS) is 14.2. The maximum absolute atomic E-state index is 12.8. The quantitative estimate of drug-likeness (QED) is 0.875. The zero-order valence-electron chi connectivity index (χ0n) is 11.5. The van der Waals surface area contributed by atoms with Crippen molar-refractivity contribution >= 4 is 22.9 Å². The van der Waals surface area contributed by atoms with Crippen molar-refractivity contribution in [1.82, 2.24) is 4.90 Å². The van der Waals surface area contributed by atoms with Gasteiger partial charge in [-0.2, -0.15) is 11.3 Å². The Labute approximate surface area is 123 Å². The fourth-order valence-electron chi connectivity index (χ4n) is 2.34. The number of nitrogens with two attached hydrogens (primary N) is 1. The zero-order valence-corrected chi connectivity index (χ0v) is 12.3. The smallest absolute Gasteiger partial charge is 0.256 e. The lowest BCUT2D eigenvalue weighted by atomic mass is 10.1. The number of aryl methyl sites for hydroxylation is 1. The minimum Gasteiger partial charge on any atom is -0.398 e. The number of nitrogens with zero attached hydrogens (tertiary/aromatic N) is 1. The average Bonchev–Trinajstić information content (AvgIpc) is 3.15. The molecule has 1 saturated carbocycles. The molecule has 2 aromatic rings. The van der Waals surface area contributed by atoms with Crippen molar-refractivity contribution in [3.05, 3.63) is 51.7 Å². The highest BCUT2D eigenvalue weighted by atomic mass is 32.1. The predicted octanol–water partition coefficient (Wildman–Crippen LogP) is 3.44. The van der Waals surface area contributed by atoms with Crippen LogP contribution in [0.3, 0.4) is 0 Å². The van der Waals surface area contributed by atoms with Crippen molar-refractivity contribution < 1.29 is 4.79 Å². The number of carbonyl (C=O) groups excluding carboxylic acids is 1. The Morgan fingerprint density at radius 3 is 2.85 bits per heavy atom. The lowest BCUT2D eigenvalue weighted by Crippen LogP contribution is -2.33. The van der Waals surface area contributed by atoms with Crippen molar-refractivity contribution in [2.75, 3.05) is 5.73 Å². The van der Waals surface area contributed by atoms with Gasteiger partial charge in [0.05, 0.1) is 5.56 Å². The molecule has 104 valence electrons. The molecule has 3 nitrogen and oxygen atoms in total. The van der Waals surface area contributed by atoms with Gasteiger partial charge in [-0.3, -0.25) is 4.79 Å². The summed E-state index contributed by atoms with van der Waals surface area (Å²) in [6.45, 7) is 2.66. The molecule has 0 saturated heterocycles. The van der Waals surface area contributed by atoms with Crippen LogP contribution in [0.15, 0.2) is 35.0 Å². The third-order valence-electron chi connectivity index (χ3n) is 3.62. The molecule has 1 aliphatic carbocycles. The lowest BCUT2D eigenvalue weighted by Gasteiger charge is -2.23. The highest BCUT2D eigenvalue weighted by Crippen LogP contribution is 2.31. The van der Waals surface area contributed by atoms with E-state index in [0.29, 0.717) is 23.8 Å². The number of hydrogen-bond donors (Lipinski definition) is 1. The van der Waals surface area contributed by atoms with Crippen molar-refractivity contribution in [2.45, 2.75) is 32.4 Å². The van der Waals surface area contributed by atoms with E-state index in [2.05, 4.69) is 11.4 Å². The molecule has 0 unspecified atom stereocenters. The molecule has 20 heavy (non-hydrogen) atoms. The molecule has 0 aliphatic heterocycles. The van der Waals surface area contributed by atoms with Crippen LogP contribution >= 0.6 is 11.3 Å². The van der Waals surface area contributed by atoms with Gasteiger partial charge in [0.2, 0.25) is 0 Å². The first kappa shape index (κ1) is 13.2. The molecular weight excluding hydrogens is 268 g/mol. The minimum atomic E-state index is 0.0555. The van der Waals surface area contributed by atoms with E-state index < -0.39 is 0 Å². The fraction of sp³-hybridized carbons (Fsp3) is 0.312. The van der Waals surface area contributed by atoms with Crippen LogP contribution in [0.25, 0.3) is 0 Å². The highest BCUT2D eigenvalue weighted by Gasteiger charge is 2.33. The van der Waals surface area contributed by atoms with Gasteiger partial charge in [-0.1, -0.05) is 11.6 Å². The number of nitrogen functional groups attached to an aromatic ring is 1. The van der Waals surface area contributed by atoms with Crippen LogP contribution in [0.4, 0.5) is 5.69 Å². The van der Waals surface area contributed by atoms with Crippen LogP contribution in [0.2, 0.25) is 0 Å². The van der Waals surface area contributed by atoms with Gasteiger partial charge in [-0.15, -0.1) is 0 Å². The molecule has 1 aromatic carbocycles. The number of rotatable bonds is 4. The van der Waals surface area contributed by atoms with Crippen LogP contribution in [-0.2, 0) is 6.54 Å². The van der Waals surface area contributed by atoms with E-state index in [1.54, 1.807) is 11.3 Å². The molecule has 1 amide bonds. The Kier molecular flexibility index (Phi) is 3.49. The molecule has 0 spiro atoms. The van der Waals surface area contributed by atoms with Gasteiger partial charge in [0.1, 0.15) is 0 Å². The van der Waals surface area contributed by atoms with Crippen LogP contribution < -0.4 is 5.73 Å². The summed E-state index contributed by atoms with van der Waals surface area (Å²) in [6.07, 6.45) is 2.20. The van der Waals surface area contributed by atoms with Crippen LogP contribution in [0, 0.1) is 6.92 Å². The average molecular weight is 286 g/mol. The summed E-state index contributed by atoms with van der Waals surface area (Å²) in [5.74, 6) is 0.0555. The fourth-order valence-corrected chi connectivity index (χ4v) is 3.00. The van der Waals surface area contributed by atoms with Gasteiger partial charge >= 0.3 is 0 Å². The Balaban J connectivity index is 1.87. The summed E-state index contributed by atoms with van der Waals surface area (Å²) in [6, 6.07) is 8.10. The summed E-state index contributed by atoms with van der Waals surface area (Å²) in [5, 5.41) is 4.15. The van der Waals surface area contributed by atoms with Gasteiger partial charge in [-0.25, -0.2) is 0 Å². The monoisotopic (exact) mass is 286 g/mol. The summed E-state index contributed by atoms with van der Waals surface area (Å²) in [7, 11) is 0. The summed E-state index contributed by atoms with van der Waals surface area (Å²) in [4.78, 5) is 14.7. The van der Waals surface area contributed by atoms with E-state index in [0.717, 1.165) is 18.4 Å². The van der Waals surface area contributed by atoms with E-state index in [-0.39, 0.29) is 5.91 Å². The second kappa shape index (κ2) is 5.29. The maximum atomic E-state index is 12.8. The Morgan fingerprint density at radius 2 is 2.20 bits per heavy atom. The number of anilines is 1. The molecular formula is C16H18N2OS. The number of amides is 1. The molecule has 3 rings (SSSR count). The third kappa shape index (κ3) is 2.70. The van der Waals surface area contributed by atoms with Gasteiger partial charge in [0.15, 0.2) is 0 Å². The number of hydrogen-bond acceptors (Lipinski definition) is 3. The first-order valence-electron chi connectivity index (χ1n) is 6.83. The molecule has 0 bridgehead atoms. The molecule has 0 radical (unpaired) electrons. The van der Waals surface area contributed by atoms with E-state index >= 15 is 0 Å². The second-order valence-corrected chi connectivity index (χ2v) is 6.17. The van der Waals surface area contributed by atoms with Crippen LogP contribution in [0.5, 0.6) is 0 Å². The topological polar surface area (TPSA) is 46.3 Å². The van der Waals surface area contributed by atoms with Crippen LogP contribution in [-0.4, -0.2) is 16.8 Å². The van der Waals surface area contributed by atoms with Gasteiger partial charge in [0, 0.05) is 18.3 Å². The first-order chi connectivity index (χ1) is 9.65. The van der Waals surface area contributed by atoms with E-state index in [9.17, 15) is 4.79 Å². The minimum absolute atomic E-state index is 0.0555. The SMILES string of the molecule is Cc1ccc(N)c(C(=O)N(Cc2ccsc2)C2CC2)c1. The Bertz CT molecular complexity index is 617. The number of carbonyl (C=O) groups is 1. The summed E-state index contributed by atoms with van der Waals surface area (Å²) < 4.78 is 0. The van der Waals surface area contributed by atoms with Crippen molar-refractivity contribution in [2.24, 2.45) is 0 Å². The molecule has 0 atom stereocenters. The highest BCUT2D eigenvalue weighted by molar-refractivity contribution is 7.07. The molecule has 1 fully saturated rings.